The molecule has 1 saturated heterocycles. The van der Waals surface area contributed by atoms with Crippen molar-refractivity contribution in [2.24, 2.45) is 23.7 Å². The van der Waals surface area contributed by atoms with Gasteiger partial charge in [0.15, 0.2) is 0 Å². The van der Waals surface area contributed by atoms with Crippen molar-refractivity contribution in [3.63, 3.8) is 0 Å². The minimum absolute atomic E-state index is 0.0625. The third-order valence-corrected chi connectivity index (χ3v) is 15.5. The van der Waals surface area contributed by atoms with Gasteiger partial charge in [0.05, 0.1) is 6.10 Å². The zero-order chi connectivity index (χ0) is 69.1. The van der Waals surface area contributed by atoms with Crippen LogP contribution in [0.5, 0.6) is 0 Å². The lowest BCUT2D eigenvalue weighted by atomic mass is 9.84. The van der Waals surface area contributed by atoms with Gasteiger partial charge in [-0.25, -0.2) is 17.2 Å². The van der Waals surface area contributed by atoms with E-state index in [1.54, 1.807) is 14.2 Å². The van der Waals surface area contributed by atoms with Crippen LogP contribution >= 0.6 is 0 Å². The molecule has 0 aromatic rings. The Morgan fingerprint density at radius 2 is 0.739 bits per heavy atom. The second-order valence-corrected chi connectivity index (χ2v) is 26.4. The summed E-state index contributed by atoms with van der Waals surface area (Å²) >= 11 is 0. The predicted octanol–water partition coefficient (Wildman–Crippen LogP) is 24.8. The van der Waals surface area contributed by atoms with Gasteiger partial charge < -0.3 is 33.2 Å². The molecule has 1 unspecified atom stereocenters. The molecule has 88 heavy (non-hydrogen) atoms. The fourth-order valence-electron chi connectivity index (χ4n) is 7.38. The SMILES string of the molecule is CC1CCC1.CCC(C)(F)F.CCC1CC1.CCC1CCC1.CCC1CCCCC1.CCC1CCCO1.CCCCC.CCCCOC.CCCCOCC.CCCCOCCC.CCCOC.CCCOCC.CCCOCCC.CCCS(C)(=O)=O. The van der Waals surface area contributed by atoms with Crippen LogP contribution in [-0.2, 0) is 43.0 Å². The smallest absolute Gasteiger partial charge is 0.245 e. The van der Waals surface area contributed by atoms with Gasteiger partial charge in [-0.05, 0) is 121 Å². The second kappa shape index (κ2) is 97.6. The quantitative estimate of drug-likeness (QED) is 0.0651. The van der Waals surface area contributed by atoms with Crippen molar-refractivity contribution >= 4 is 9.84 Å². The molecular formula is C76H168F2O9S. The van der Waals surface area contributed by atoms with Gasteiger partial charge in [-0.2, -0.15) is 0 Å². The summed E-state index contributed by atoms with van der Waals surface area (Å²) in [4.78, 5) is 0. The van der Waals surface area contributed by atoms with Crippen molar-refractivity contribution in [3.05, 3.63) is 0 Å². The van der Waals surface area contributed by atoms with E-state index in [9.17, 15) is 17.2 Å². The highest BCUT2D eigenvalue weighted by molar-refractivity contribution is 7.90. The molecule has 4 aliphatic carbocycles. The van der Waals surface area contributed by atoms with Crippen LogP contribution in [0.2, 0.25) is 0 Å². The maximum absolute atomic E-state index is 11.5. The Morgan fingerprint density at radius 1 is 0.398 bits per heavy atom. The highest BCUT2D eigenvalue weighted by Gasteiger charge is 2.18. The summed E-state index contributed by atoms with van der Waals surface area (Å²) in [6.07, 6.45) is 47.1. The molecular weight excluding hydrogens is 1130 g/mol. The van der Waals surface area contributed by atoms with Crippen LogP contribution in [0.15, 0.2) is 0 Å². The minimum atomic E-state index is -2.67. The molecule has 5 aliphatic rings. The van der Waals surface area contributed by atoms with E-state index in [0.717, 1.165) is 142 Å². The number of methoxy groups -OCH3 is 2. The first-order chi connectivity index (χ1) is 42.1. The van der Waals surface area contributed by atoms with E-state index in [1.807, 2.05) is 20.8 Å². The van der Waals surface area contributed by atoms with E-state index in [2.05, 4.69) is 104 Å². The van der Waals surface area contributed by atoms with Gasteiger partial charge in [0.1, 0.15) is 9.84 Å². The minimum Gasteiger partial charge on any atom is -0.385 e. The van der Waals surface area contributed by atoms with Crippen molar-refractivity contribution in [1.82, 2.24) is 0 Å². The molecule has 0 spiro atoms. The van der Waals surface area contributed by atoms with E-state index in [-0.39, 0.29) is 6.42 Å². The molecule has 0 radical (unpaired) electrons. The average molecular weight is 1300 g/mol. The number of hydrogen-bond acceptors (Lipinski definition) is 9. The first kappa shape index (κ1) is 106. The van der Waals surface area contributed by atoms with E-state index in [1.165, 1.54) is 193 Å². The Bertz CT molecular complexity index is 1120. The number of hydrogen-bond donors (Lipinski definition) is 0. The molecule has 0 aromatic heterocycles. The van der Waals surface area contributed by atoms with Crippen LogP contribution in [-0.4, -0.2) is 119 Å². The highest BCUT2D eigenvalue weighted by Crippen LogP contribution is 2.31. The number of rotatable bonds is 30. The van der Waals surface area contributed by atoms with Crippen molar-refractivity contribution in [3.8, 4) is 0 Å². The molecule has 1 heterocycles. The zero-order valence-electron chi connectivity index (χ0n) is 64.5. The Morgan fingerprint density at radius 3 is 0.898 bits per heavy atom. The topological polar surface area (TPSA) is 98.8 Å². The lowest BCUT2D eigenvalue weighted by Gasteiger charge is -2.22. The summed E-state index contributed by atoms with van der Waals surface area (Å²) in [5, 5.41) is 0. The Balaban J connectivity index is -0.000000109. The maximum atomic E-state index is 11.5. The highest BCUT2D eigenvalue weighted by atomic mass is 32.2. The molecule has 546 valence electrons. The number of unbranched alkanes of at least 4 members (excludes halogenated alkanes) is 5. The van der Waals surface area contributed by atoms with Gasteiger partial charge in [0.25, 0.3) is 0 Å². The van der Waals surface area contributed by atoms with Gasteiger partial charge in [0, 0.05) is 105 Å². The molecule has 12 heteroatoms. The molecule has 9 nitrogen and oxygen atoms in total. The monoisotopic (exact) mass is 1300 g/mol. The fourth-order valence-corrected chi connectivity index (χ4v) is 8.12. The van der Waals surface area contributed by atoms with Gasteiger partial charge in [-0.15, -0.1) is 0 Å². The molecule has 1 aliphatic heterocycles. The fraction of sp³-hybridized carbons (Fsp3) is 1.00. The third kappa shape index (κ3) is 134. The van der Waals surface area contributed by atoms with Crippen molar-refractivity contribution in [2.75, 3.05) is 98.9 Å². The molecule has 0 N–H and O–H groups in total. The summed E-state index contributed by atoms with van der Waals surface area (Å²) < 4.78 is 78.6. The van der Waals surface area contributed by atoms with E-state index >= 15 is 0 Å². The molecule has 4 saturated carbocycles. The summed E-state index contributed by atoms with van der Waals surface area (Å²) in [7, 11) is 0.769. The van der Waals surface area contributed by atoms with Gasteiger partial charge in [-0.1, -0.05) is 259 Å². The van der Waals surface area contributed by atoms with Crippen molar-refractivity contribution in [2.45, 2.75) is 375 Å². The van der Waals surface area contributed by atoms with Crippen LogP contribution in [0, 0.1) is 23.7 Å². The normalized spacial score (nSPS) is 15.4. The van der Waals surface area contributed by atoms with Gasteiger partial charge >= 0.3 is 0 Å². The standard InChI is InChI=1S/C8H16.C7H16O.C6H12O.2C6H14O.C6H12.2C5H12O.2C5H10.C5H12.C4H8F2.C4H10O2S.C4H10O/c1-2-8-6-4-3-5-7-8;1-3-5-7-8-6-4-2;1-2-6-4-3-5-7-6;1-3-5-6-7-4-2;1-3-5-7-6-4-2;1-2-6-4-3-5-6;1-3-4-5-6-2;1-3-5-6-4-2;1-5-3-2-4-5;1-2-5-3-4-5;1-3-5-4-2;1-3-4(2,5)6;1-3-4-7(2,5)6;1-3-4-5-2/h8H,2-7H2,1H3;3-7H2,1-2H3;6H,2-5H2,1H3;2*3-6H2,1-2H3;6H,2-5H2,1H3;2*3-5H2,1-2H3;2*5H,2-4H2,1H3;3-5H2,1-2H3;3H2,1-2H3;3-4H2,1-2H3;3-4H2,1-2H3. The summed E-state index contributed by atoms with van der Waals surface area (Å²) in [6.45, 7) is 51.2. The molecule has 0 amide bonds. The molecule has 5 rings (SSSR count). The van der Waals surface area contributed by atoms with Crippen LogP contribution in [0.1, 0.15) is 363 Å². The average Bonchev–Trinajstić information content (AvgIpc) is 4.31. The predicted molar refractivity (Wildman–Crippen MR) is 390 cm³/mol. The van der Waals surface area contributed by atoms with Crippen molar-refractivity contribution in [1.29, 1.82) is 0 Å². The lowest BCUT2D eigenvalue weighted by molar-refractivity contribution is 0.0181. The Labute approximate surface area is 555 Å². The molecule has 0 bridgehead atoms. The summed E-state index contributed by atoms with van der Waals surface area (Å²) in [5.74, 6) is 2.26. The van der Waals surface area contributed by atoms with Crippen LogP contribution in [0.25, 0.3) is 0 Å². The summed E-state index contributed by atoms with van der Waals surface area (Å²) in [5.41, 5.74) is 0. The number of ether oxygens (including phenoxy) is 7. The number of alkyl halides is 2. The zero-order valence-corrected chi connectivity index (χ0v) is 65.3. The lowest BCUT2D eigenvalue weighted by Crippen LogP contribution is -2.08. The maximum Gasteiger partial charge on any atom is 0.245 e. The van der Waals surface area contributed by atoms with Gasteiger partial charge in [0.2, 0.25) is 5.92 Å². The van der Waals surface area contributed by atoms with Crippen LogP contribution in [0.3, 0.4) is 0 Å². The van der Waals surface area contributed by atoms with Gasteiger partial charge in [-0.3, -0.25) is 0 Å². The van der Waals surface area contributed by atoms with Crippen LogP contribution in [0.4, 0.5) is 8.78 Å². The van der Waals surface area contributed by atoms with E-state index in [4.69, 9.17) is 33.2 Å². The largest absolute Gasteiger partial charge is 0.385 e. The first-order valence-corrected chi connectivity index (χ1v) is 39.7. The number of sulfone groups is 1. The Kier molecular flexibility index (Phi) is 118. The van der Waals surface area contributed by atoms with Crippen LogP contribution < -0.4 is 0 Å². The Hall–Kier alpha value is -0.470. The first-order valence-electron chi connectivity index (χ1n) is 37.6. The molecule has 5 fully saturated rings. The van der Waals surface area contributed by atoms with Crippen molar-refractivity contribution < 1.29 is 50.4 Å². The summed E-state index contributed by atoms with van der Waals surface area (Å²) in [6, 6.07) is 0. The molecule has 1 atom stereocenters. The number of halogens is 2. The second-order valence-electron chi connectivity index (χ2n) is 24.1. The third-order valence-electron chi connectivity index (χ3n) is 14.4. The van der Waals surface area contributed by atoms with E-state index < -0.39 is 15.8 Å². The van der Waals surface area contributed by atoms with E-state index in [0.29, 0.717) is 11.9 Å². The molecule has 0 aromatic carbocycles.